The summed E-state index contributed by atoms with van der Waals surface area (Å²) in [7, 11) is 0. The fourth-order valence-corrected chi connectivity index (χ4v) is 4.50. The lowest BCUT2D eigenvalue weighted by Gasteiger charge is -2.30. The molecule has 128 valence electrons. The number of aryl methyl sites for hydroxylation is 1. The van der Waals surface area contributed by atoms with Crippen molar-refractivity contribution in [2.75, 3.05) is 13.2 Å². The van der Waals surface area contributed by atoms with Crippen molar-refractivity contribution in [2.45, 2.75) is 51.2 Å². The summed E-state index contributed by atoms with van der Waals surface area (Å²) in [4.78, 5) is 11.3. The maximum Gasteiger partial charge on any atom is 0.107 e. The lowest BCUT2D eigenvalue weighted by Crippen LogP contribution is -2.42. The minimum absolute atomic E-state index is 0.133. The van der Waals surface area contributed by atoms with Crippen LogP contribution in [0, 0.1) is 6.92 Å². The van der Waals surface area contributed by atoms with Crippen LogP contribution < -0.4 is 0 Å². The van der Waals surface area contributed by atoms with E-state index in [0.29, 0.717) is 12.6 Å². The van der Waals surface area contributed by atoms with Crippen molar-refractivity contribution in [3.8, 4) is 0 Å². The number of pyridine rings is 1. The van der Waals surface area contributed by atoms with Crippen LogP contribution in [0.4, 0.5) is 0 Å². The molecule has 1 aliphatic heterocycles. The summed E-state index contributed by atoms with van der Waals surface area (Å²) < 4.78 is 12.4. The van der Waals surface area contributed by atoms with Crippen molar-refractivity contribution in [3.63, 3.8) is 0 Å². The lowest BCUT2D eigenvalue weighted by molar-refractivity contribution is -0.0614. The summed E-state index contributed by atoms with van der Waals surface area (Å²) in [6.45, 7) is 5.27. The van der Waals surface area contributed by atoms with Gasteiger partial charge < -0.3 is 9.47 Å². The normalized spacial score (nSPS) is 27.3. The van der Waals surface area contributed by atoms with E-state index in [1.807, 2.05) is 12.3 Å². The predicted molar refractivity (Wildman–Crippen MR) is 92.8 cm³/mol. The van der Waals surface area contributed by atoms with E-state index < -0.39 is 0 Å². The molecule has 2 aliphatic rings. The summed E-state index contributed by atoms with van der Waals surface area (Å²) in [5.74, 6) is 0. The zero-order valence-corrected chi connectivity index (χ0v) is 14.7. The Morgan fingerprint density at radius 3 is 3.17 bits per heavy atom. The molecule has 0 N–H and O–H groups in total. The topological polar surface area (TPSA) is 47.5 Å². The monoisotopic (exact) mass is 345 g/mol. The van der Waals surface area contributed by atoms with Gasteiger partial charge in [0.15, 0.2) is 0 Å². The number of thiazole rings is 1. The number of hydrogen-bond donors (Lipinski definition) is 0. The van der Waals surface area contributed by atoms with Crippen molar-refractivity contribution in [1.29, 1.82) is 0 Å². The summed E-state index contributed by atoms with van der Waals surface area (Å²) in [6.07, 6.45) is 6.22. The summed E-state index contributed by atoms with van der Waals surface area (Å²) >= 11 is 1.74. The van der Waals surface area contributed by atoms with Crippen LogP contribution in [0.5, 0.6) is 0 Å². The minimum Gasteiger partial charge on any atom is -0.374 e. The molecule has 6 heteroatoms. The van der Waals surface area contributed by atoms with Gasteiger partial charge in [0.25, 0.3) is 0 Å². The smallest absolute Gasteiger partial charge is 0.107 e. The van der Waals surface area contributed by atoms with Gasteiger partial charge in [-0.25, -0.2) is 4.98 Å². The van der Waals surface area contributed by atoms with Crippen LogP contribution in [0.2, 0.25) is 0 Å². The molecule has 0 spiro atoms. The highest BCUT2D eigenvalue weighted by molar-refractivity contribution is 7.09. The third kappa shape index (κ3) is 3.52. The minimum atomic E-state index is 0.133. The first kappa shape index (κ1) is 16.1. The Bertz CT molecular complexity index is 663. The second-order valence-electron chi connectivity index (χ2n) is 6.54. The summed E-state index contributed by atoms with van der Waals surface area (Å²) in [6, 6.07) is 4.43. The Morgan fingerprint density at radius 1 is 1.42 bits per heavy atom. The molecule has 1 saturated heterocycles. The van der Waals surface area contributed by atoms with E-state index in [-0.39, 0.29) is 12.2 Å². The molecule has 24 heavy (non-hydrogen) atoms. The Morgan fingerprint density at radius 2 is 2.38 bits per heavy atom. The van der Waals surface area contributed by atoms with Crippen LogP contribution in [0.25, 0.3) is 0 Å². The molecule has 1 saturated carbocycles. The van der Waals surface area contributed by atoms with E-state index in [4.69, 9.17) is 9.47 Å². The quantitative estimate of drug-likeness (QED) is 0.834. The van der Waals surface area contributed by atoms with Gasteiger partial charge in [-0.05, 0) is 31.4 Å². The van der Waals surface area contributed by atoms with Gasteiger partial charge in [0.1, 0.15) is 5.01 Å². The molecule has 1 aliphatic carbocycles. The maximum atomic E-state index is 6.29. The molecule has 2 fully saturated rings. The third-order valence-electron chi connectivity index (χ3n) is 4.84. The number of fused-ring (bicyclic) bond motifs is 2. The summed E-state index contributed by atoms with van der Waals surface area (Å²) in [5, 5.41) is 3.31. The van der Waals surface area contributed by atoms with Crippen molar-refractivity contribution < 1.29 is 9.47 Å². The van der Waals surface area contributed by atoms with Crippen molar-refractivity contribution in [1.82, 2.24) is 14.9 Å². The predicted octanol–water partition coefficient (Wildman–Crippen LogP) is 2.80. The standard InChI is InChI=1S/C18H23N3O2S/c1-13-12-24-17(20-13)10-21-7-8-22-16-5-4-15(21)18(16)23-11-14-3-2-6-19-9-14/h2-3,6,9,12,15-16,18H,4-5,7-8,10-11H2,1H3/t15-,16-,18+/m0/s1. The average molecular weight is 345 g/mol. The van der Waals surface area contributed by atoms with Crippen LogP contribution in [-0.2, 0) is 22.6 Å². The van der Waals surface area contributed by atoms with Gasteiger partial charge in [-0.3, -0.25) is 9.88 Å². The van der Waals surface area contributed by atoms with Crippen LogP contribution in [0.1, 0.15) is 29.1 Å². The molecular formula is C18H23N3O2S. The average Bonchev–Trinajstić information content (AvgIpc) is 3.13. The fourth-order valence-electron chi connectivity index (χ4n) is 3.71. The van der Waals surface area contributed by atoms with Gasteiger partial charge in [-0.1, -0.05) is 6.07 Å². The van der Waals surface area contributed by atoms with Crippen LogP contribution in [0.3, 0.4) is 0 Å². The highest BCUT2D eigenvalue weighted by Crippen LogP contribution is 2.33. The van der Waals surface area contributed by atoms with Crippen LogP contribution in [-0.4, -0.2) is 46.3 Å². The molecule has 4 rings (SSSR count). The van der Waals surface area contributed by atoms with Gasteiger partial charge >= 0.3 is 0 Å². The molecule has 2 bridgehead atoms. The number of hydrogen-bond acceptors (Lipinski definition) is 6. The lowest BCUT2D eigenvalue weighted by atomic mass is 10.1. The van der Waals surface area contributed by atoms with E-state index in [2.05, 4.69) is 33.2 Å². The number of aromatic nitrogens is 2. The fraction of sp³-hybridized carbons (Fsp3) is 0.556. The van der Waals surface area contributed by atoms with E-state index in [0.717, 1.165) is 43.8 Å². The maximum absolute atomic E-state index is 6.29. The van der Waals surface area contributed by atoms with E-state index in [1.165, 1.54) is 5.01 Å². The number of rotatable bonds is 5. The molecule has 5 nitrogen and oxygen atoms in total. The Balaban J connectivity index is 1.45. The molecule has 0 amide bonds. The van der Waals surface area contributed by atoms with Gasteiger partial charge in [0.05, 0.1) is 32.0 Å². The molecule has 0 unspecified atom stereocenters. The molecule has 3 atom stereocenters. The van der Waals surface area contributed by atoms with Gasteiger partial charge in [0.2, 0.25) is 0 Å². The van der Waals surface area contributed by atoms with E-state index in [9.17, 15) is 0 Å². The second kappa shape index (κ2) is 7.27. The summed E-state index contributed by atoms with van der Waals surface area (Å²) in [5.41, 5.74) is 2.22. The Labute approximate surface area is 146 Å². The Kier molecular flexibility index (Phi) is 4.89. The second-order valence-corrected chi connectivity index (χ2v) is 7.49. The molecule has 2 aromatic heterocycles. The van der Waals surface area contributed by atoms with Gasteiger partial charge in [0, 0.05) is 36.1 Å². The molecule has 0 aromatic carbocycles. The largest absolute Gasteiger partial charge is 0.374 e. The molecule has 0 radical (unpaired) electrons. The third-order valence-corrected chi connectivity index (χ3v) is 5.79. The highest BCUT2D eigenvalue weighted by Gasteiger charge is 2.43. The van der Waals surface area contributed by atoms with Gasteiger partial charge in [-0.2, -0.15) is 0 Å². The number of ether oxygens (including phenoxy) is 2. The zero-order valence-electron chi connectivity index (χ0n) is 13.9. The Hall–Kier alpha value is -1.34. The van der Waals surface area contributed by atoms with Crippen LogP contribution in [0.15, 0.2) is 29.9 Å². The first-order valence-electron chi connectivity index (χ1n) is 8.57. The van der Waals surface area contributed by atoms with Crippen molar-refractivity contribution in [3.05, 3.63) is 46.2 Å². The zero-order chi connectivity index (χ0) is 16.4. The van der Waals surface area contributed by atoms with Crippen LogP contribution >= 0.6 is 11.3 Å². The first-order chi connectivity index (χ1) is 11.8. The highest BCUT2D eigenvalue weighted by atomic mass is 32.1. The molecule has 2 aromatic rings. The van der Waals surface area contributed by atoms with Gasteiger partial charge in [-0.15, -0.1) is 11.3 Å². The van der Waals surface area contributed by atoms with E-state index >= 15 is 0 Å². The van der Waals surface area contributed by atoms with E-state index in [1.54, 1.807) is 17.5 Å². The van der Waals surface area contributed by atoms with Crippen molar-refractivity contribution >= 4 is 11.3 Å². The van der Waals surface area contributed by atoms with Crippen molar-refractivity contribution in [2.24, 2.45) is 0 Å². The molecule has 3 heterocycles. The first-order valence-corrected chi connectivity index (χ1v) is 9.45. The molecular weight excluding hydrogens is 322 g/mol. The SMILES string of the molecule is Cc1csc(CN2CCO[C@H]3CC[C@H]2[C@H]3OCc2cccnc2)n1. The number of nitrogens with zero attached hydrogens (tertiary/aromatic N) is 3.